The van der Waals surface area contributed by atoms with Gasteiger partial charge in [0.1, 0.15) is 0 Å². The molecule has 0 aliphatic rings. The van der Waals surface area contributed by atoms with Gasteiger partial charge in [-0.15, -0.1) is 0 Å². The number of hydrogen-bond donors (Lipinski definition) is 0. The normalized spacial score (nSPS) is 10.4. The molecule has 14 heavy (non-hydrogen) atoms. The highest BCUT2D eigenvalue weighted by molar-refractivity contribution is 5.95. The fourth-order valence-corrected chi connectivity index (χ4v) is 1.36. The largest absolute Gasteiger partial charge is 0.294 e. The van der Waals surface area contributed by atoms with Gasteiger partial charge in [0.2, 0.25) is 0 Å². The Labute approximate surface area is 85.1 Å². The summed E-state index contributed by atoms with van der Waals surface area (Å²) in [6.45, 7) is 4.97. The molecule has 0 saturated carbocycles. The van der Waals surface area contributed by atoms with Crippen molar-refractivity contribution in [2.24, 2.45) is 0 Å². The Balaban J connectivity index is 2.44. The zero-order valence-electron chi connectivity index (χ0n) is 8.99. The fraction of sp³-hybridized carbons (Fsp3) is 0.636. The van der Waals surface area contributed by atoms with Crippen molar-refractivity contribution in [3.8, 4) is 0 Å². The number of hydrogen-bond acceptors (Lipinski definition) is 2. The van der Waals surface area contributed by atoms with Gasteiger partial charge in [0.05, 0.1) is 11.8 Å². The molecular weight excluding hydrogens is 176 g/mol. The molecule has 3 heteroatoms. The van der Waals surface area contributed by atoms with Crippen LogP contribution in [0.15, 0.2) is 12.4 Å². The van der Waals surface area contributed by atoms with Gasteiger partial charge in [0.15, 0.2) is 5.78 Å². The van der Waals surface area contributed by atoms with Crippen LogP contribution in [0.1, 0.15) is 49.9 Å². The van der Waals surface area contributed by atoms with Crippen LogP contribution in [-0.2, 0) is 6.54 Å². The molecule has 0 fully saturated rings. The molecule has 0 atom stereocenters. The lowest BCUT2D eigenvalue weighted by molar-refractivity contribution is 0.0979. The molecule has 0 aliphatic carbocycles. The standard InChI is InChI=1S/C11H18N2O/c1-3-5-6-7-11(14)10-8-12-13(4-2)9-10/h8-9H,3-7H2,1-2H3. The zero-order valence-corrected chi connectivity index (χ0v) is 8.99. The van der Waals surface area contributed by atoms with Crippen LogP contribution in [-0.4, -0.2) is 15.6 Å². The average Bonchev–Trinajstić information content (AvgIpc) is 2.66. The highest BCUT2D eigenvalue weighted by Gasteiger charge is 2.07. The SMILES string of the molecule is CCCCCC(=O)c1cnn(CC)c1. The number of Topliss-reactive ketones (excluding diaryl/α,β-unsaturated/α-hetero) is 1. The van der Waals surface area contributed by atoms with Crippen molar-refractivity contribution in [3.05, 3.63) is 18.0 Å². The van der Waals surface area contributed by atoms with E-state index in [2.05, 4.69) is 12.0 Å². The van der Waals surface area contributed by atoms with E-state index >= 15 is 0 Å². The third kappa shape index (κ3) is 2.98. The fourth-order valence-electron chi connectivity index (χ4n) is 1.36. The number of aryl methyl sites for hydroxylation is 1. The van der Waals surface area contributed by atoms with Crippen LogP contribution in [0.4, 0.5) is 0 Å². The number of nitrogens with zero attached hydrogens (tertiary/aromatic N) is 2. The summed E-state index contributed by atoms with van der Waals surface area (Å²) < 4.78 is 1.78. The Kier molecular flexibility index (Phi) is 4.36. The summed E-state index contributed by atoms with van der Waals surface area (Å²) in [6.07, 6.45) is 7.43. The molecule has 78 valence electrons. The van der Waals surface area contributed by atoms with Gasteiger partial charge in [0, 0.05) is 19.2 Å². The molecule has 1 aromatic rings. The Hall–Kier alpha value is -1.12. The van der Waals surface area contributed by atoms with E-state index in [0.717, 1.165) is 31.4 Å². The Morgan fingerprint density at radius 2 is 2.21 bits per heavy atom. The molecule has 3 nitrogen and oxygen atoms in total. The lowest BCUT2D eigenvalue weighted by Gasteiger charge is -1.96. The van der Waals surface area contributed by atoms with E-state index in [1.807, 2.05) is 13.1 Å². The molecule has 1 heterocycles. The minimum absolute atomic E-state index is 0.221. The summed E-state index contributed by atoms with van der Waals surface area (Å²) in [7, 11) is 0. The van der Waals surface area contributed by atoms with E-state index in [1.165, 1.54) is 0 Å². The molecule has 0 aromatic carbocycles. The van der Waals surface area contributed by atoms with Crippen LogP contribution >= 0.6 is 0 Å². The predicted molar refractivity (Wildman–Crippen MR) is 56.4 cm³/mol. The lowest BCUT2D eigenvalue weighted by Crippen LogP contribution is -1.97. The first-order valence-corrected chi connectivity index (χ1v) is 5.33. The first kappa shape index (κ1) is 11.0. The predicted octanol–water partition coefficient (Wildman–Crippen LogP) is 2.67. The van der Waals surface area contributed by atoms with Gasteiger partial charge < -0.3 is 0 Å². The van der Waals surface area contributed by atoms with Crippen LogP contribution in [0.2, 0.25) is 0 Å². The Morgan fingerprint density at radius 1 is 1.43 bits per heavy atom. The average molecular weight is 194 g/mol. The smallest absolute Gasteiger partial charge is 0.166 e. The topological polar surface area (TPSA) is 34.9 Å². The highest BCUT2D eigenvalue weighted by atomic mass is 16.1. The first-order chi connectivity index (χ1) is 6.77. The molecule has 0 spiro atoms. The monoisotopic (exact) mass is 194 g/mol. The van der Waals surface area contributed by atoms with E-state index in [1.54, 1.807) is 10.9 Å². The summed E-state index contributed by atoms with van der Waals surface area (Å²) in [5.41, 5.74) is 0.753. The number of rotatable bonds is 6. The van der Waals surface area contributed by atoms with Crippen LogP contribution in [0.5, 0.6) is 0 Å². The minimum Gasteiger partial charge on any atom is -0.294 e. The second kappa shape index (κ2) is 5.58. The van der Waals surface area contributed by atoms with E-state index < -0.39 is 0 Å². The van der Waals surface area contributed by atoms with Crippen LogP contribution in [0.25, 0.3) is 0 Å². The van der Waals surface area contributed by atoms with Crippen molar-refractivity contribution in [1.29, 1.82) is 0 Å². The third-order valence-corrected chi connectivity index (χ3v) is 2.29. The van der Waals surface area contributed by atoms with Gasteiger partial charge in [0.25, 0.3) is 0 Å². The second-order valence-corrected chi connectivity index (χ2v) is 3.46. The molecule has 1 rings (SSSR count). The summed E-state index contributed by atoms with van der Waals surface area (Å²) in [5.74, 6) is 0.221. The van der Waals surface area contributed by atoms with E-state index in [9.17, 15) is 4.79 Å². The number of carbonyl (C=O) groups is 1. The Bertz CT molecular complexity index is 291. The minimum atomic E-state index is 0.221. The highest BCUT2D eigenvalue weighted by Crippen LogP contribution is 2.07. The van der Waals surface area contributed by atoms with Crippen molar-refractivity contribution < 1.29 is 4.79 Å². The van der Waals surface area contributed by atoms with Crippen molar-refractivity contribution in [3.63, 3.8) is 0 Å². The molecule has 0 aliphatic heterocycles. The maximum Gasteiger partial charge on any atom is 0.166 e. The van der Waals surface area contributed by atoms with Crippen molar-refractivity contribution in [1.82, 2.24) is 9.78 Å². The summed E-state index contributed by atoms with van der Waals surface area (Å²) in [6, 6.07) is 0. The quantitative estimate of drug-likeness (QED) is 0.515. The maximum absolute atomic E-state index is 11.6. The summed E-state index contributed by atoms with van der Waals surface area (Å²) in [5, 5.41) is 4.08. The van der Waals surface area contributed by atoms with Crippen molar-refractivity contribution in [2.75, 3.05) is 0 Å². The molecule has 1 aromatic heterocycles. The second-order valence-electron chi connectivity index (χ2n) is 3.46. The summed E-state index contributed by atoms with van der Waals surface area (Å²) in [4.78, 5) is 11.6. The number of carbonyl (C=O) groups excluding carboxylic acids is 1. The molecule has 0 amide bonds. The van der Waals surface area contributed by atoms with Gasteiger partial charge in [-0.25, -0.2) is 0 Å². The zero-order chi connectivity index (χ0) is 10.4. The first-order valence-electron chi connectivity index (χ1n) is 5.33. The molecule has 0 saturated heterocycles. The summed E-state index contributed by atoms with van der Waals surface area (Å²) >= 11 is 0. The number of ketones is 1. The van der Waals surface area contributed by atoms with Crippen LogP contribution in [0.3, 0.4) is 0 Å². The maximum atomic E-state index is 11.6. The van der Waals surface area contributed by atoms with Gasteiger partial charge in [-0.3, -0.25) is 9.48 Å². The number of aromatic nitrogens is 2. The van der Waals surface area contributed by atoms with Crippen LogP contribution < -0.4 is 0 Å². The van der Waals surface area contributed by atoms with Crippen molar-refractivity contribution >= 4 is 5.78 Å². The van der Waals surface area contributed by atoms with Gasteiger partial charge in [-0.1, -0.05) is 19.8 Å². The molecular formula is C11H18N2O. The van der Waals surface area contributed by atoms with Gasteiger partial charge in [-0.2, -0.15) is 5.10 Å². The number of unbranched alkanes of at least 4 members (excludes halogenated alkanes) is 2. The third-order valence-electron chi connectivity index (χ3n) is 2.29. The molecule has 0 radical (unpaired) electrons. The van der Waals surface area contributed by atoms with E-state index in [4.69, 9.17) is 0 Å². The molecule has 0 unspecified atom stereocenters. The van der Waals surface area contributed by atoms with Crippen LogP contribution in [0, 0.1) is 0 Å². The molecule has 0 bridgehead atoms. The van der Waals surface area contributed by atoms with Gasteiger partial charge in [-0.05, 0) is 13.3 Å². The van der Waals surface area contributed by atoms with E-state index in [0.29, 0.717) is 6.42 Å². The van der Waals surface area contributed by atoms with Gasteiger partial charge >= 0.3 is 0 Å². The van der Waals surface area contributed by atoms with E-state index in [-0.39, 0.29) is 5.78 Å². The van der Waals surface area contributed by atoms with Crippen molar-refractivity contribution in [2.45, 2.75) is 46.1 Å². The lowest BCUT2D eigenvalue weighted by atomic mass is 10.1. The Morgan fingerprint density at radius 3 is 2.79 bits per heavy atom. The molecule has 0 N–H and O–H groups in total.